The second-order valence-corrected chi connectivity index (χ2v) is 15.5. The monoisotopic (exact) mass is 520 g/mol. The summed E-state index contributed by atoms with van der Waals surface area (Å²) >= 11 is 0. The summed E-state index contributed by atoms with van der Waals surface area (Å²) < 4.78 is 25.4. The van der Waals surface area contributed by atoms with Crippen molar-refractivity contribution in [1.82, 2.24) is 0 Å². The smallest absolute Gasteiger partial charge is 0.261 e. The summed E-state index contributed by atoms with van der Waals surface area (Å²) in [5, 5.41) is 13.3. The van der Waals surface area contributed by atoms with Crippen LogP contribution >= 0.6 is 0 Å². The number of rotatable bonds is 10. The van der Waals surface area contributed by atoms with Crippen LogP contribution in [-0.2, 0) is 25.2 Å². The Bertz CT molecular complexity index is 1060. The van der Waals surface area contributed by atoms with Crippen molar-refractivity contribution in [2.45, 2.75) is 70.4 Å². The van der Waals surface area contributed by atoms with E-state index in [9.17, 15) is 5.11 Å². The van der Waals surface area contributed by atoms with Crippen molar-refractivity contribution in [3.8, 4) is 0 Å². The zero-order valence-electron chi connectivity index (χ0n) is 22.6. The van der Waals surface area contributed by atoms with E-state index in [1.807, 2.05) is 56.3 Å². The Morgan fingerprint density at radius 3 is 1.86 bits per heavy atom. The molecule has 1 saturated heterocycles. The van der Waals surface area contributed by atoms with Gasteiger partial charge in [0.15, 0.2) is 5.79 Å². The molecule has 1 aliphatic rings. The highest BCUT2D eigenvalue weighted by Gasteiger charge is 2.52. The van der Waals surface area contributed by atoms with Gasteiger partial charge in [-0.25, -0.2) is 0 Å². The van der Waals surface area contributed by atoms with E-state index >= 15 is 0 Å². The Kier molecular flexibility index (Phi) is 8.69. The molecular weight excluding hydrogens is 480 g/mol. The van der Waals surface area contributed by atoms with Crippen LogP contribution < -0.4 is 10.4 Å². The average molecular weight is 521 g/mol. The molecule has 5 nitrogen and oxygen atoms in total. The summed E-state index contributed by atoms with van der Waals surface area (Å²) in [6.07, 6.45) is -1.85. The fourth-order valence-electron chi connectivity index (χ4n) is 5.25. The van der Waals surface area contributed by atoms with Crippen molar-refractivity contribution in [1.29, 1.82) is 0 Å². The topological polar surface area (TPSA) is 57.2 Å². The van der Waals surface area contributed by atoms with Gasteiger partial charge in [0.1, 0.15) is 18.3 Å². The lowest BCUT2D eigenvalue weighted by Crippen LogP contribution is -2.67. The van der Waals surface area contributed by atoms with Crippen LogP contribution in [0.25, 0.3) is 0 Å². The van der Waals surface area contributed by atoms with E-state index in [1.165, 1.54) is 10.4 Å². The molecule has 0 saturated carbocycles. The standard InChI is InChI=1S/C31H40O5Si/c1-30(2,3)37(25-17-11-7-12-18-25,26-19-13-8-14-20-26)34-23-28-29(36-31(4,5)35-28)27(32)22-33-21-24-15-9-6-10-16-24/h6-20,27-29,32H,21-23H2,1-5H3/t27-,28+,29-/m1/s1. The number of hydrogen-bond acceptors (Lipinski definition) is 5. The SMILES string of the molecule is CC1(C)O[C@H]([C@H](O)COCc2ccccc2)[C@H](CO[Si](c2ccccc2)(c2ccccc2)C(C)(C)C)O1. The van der Waals surface area contributed by atoms with E-state index in [-0.39, 0.29) is 11.6 Å². The van der Waals surface area contributed by atoms with E-state index in [1.54, 1.807) is 0 Å². The molecule has 0 amide bonds. The molecule has 0 aromatic heterocycles. The highest BCUT2D eigenvalue weighted by molar-refractivity contribution is 6.99. The van der Waals surface area contributed by atoms with Gasteiger partial charge >= 0.3 is 0 Å². The molecule has 6 heteroatoms. The Morgan fingerprint density at radius 2 is 1.35 bits per heavy atom. The normalized spacial score (nSPS) is 20.6. The van der Waals surface area contributed by atoms with Gasteiger partial charge in [-0.3, -0.25) is 0 Å². The third-order valence-electron chi connectivity index (χ3n) is 6.88. The highest BCUT2D eigenvalue weighted by Crippen LogP contribution is 2.38. The van der Waals surface area contributed by atoms with Crippen LogP contribution in [0.2, 0.25) is 5.04 Å². The first-order valence-electron chi connectivity index (χ1n) is 13.0. The molecule has 3 aromatic rings. The van der Waals surface area contributed by atoms with Gasteiger partial charge < -0.3 is 23.7 Å². The van der Waals surface area contributed by atoms with Gasteiger partial charge in [-0.15, -0.1) is 0 Å². The Labute approximate surface area is 222 Å². The van der Waals surface area contributed by atoms with Crippen LogP contribution in [0.3, 0.4) is 0 Å². The molecule has 0 unspecified atom stereocenters. The van der Waals surface area contributed by atoms with Gasteiger partial charge in [0.2, 0.25) is 0 Å². The number of aliphatic hydroxyl groups excluding tert-OH is 1. The van der Waals surface area contributed by atoms with Gasteiger partial charge in [-0.05, 0) is 34.8 Å². The second kappa shape index (κ2) is 11.6. The van der Waals surface area contributed by atoms with E-state index in [0.29, 0.717) is 13.2 Å². The van der Waals surface area contributed by atoms with Gasteiger partial charge in [-0.1, -0.05) is 112 Å². The molecule has 1 fully saturated rings. The Morgan fingerprint density at radius 1 is 0.838 bits per heavy atom. The van der Waals surface area contributed by atoms with Crippen molar-refractivity contribution < 1.29 is 23.7 Å². The zero-order chi connectivity index (χ0) is 26.5. The summed E-state index contributed by atoms with van der Waals surface area (Å²) in [5.41, 5.74) is 1.06. The van der Waals surface area contributed by atoms with Crippen LogP contribution in [0.5, 0.6) is 0 Å². The van der Waals surface area contributed by atoms with Crippen molar-refractivity contribution >= 4 is 18.7 Å². The summed E-state index contributed by atoms with van der Waals surface area (Å²) in [6.45, 7) is 11.4. The maximum atomic E-state index is 11.1. The summed E-state index contributed by atoms with van der Waals surface area (Å²) in [5.74, 6) is -0.829. The maximum Gasteiger partial charge on any atom is 0.261 e. The van der Waals surface area contributed by atoms with Gasteiger partial charge in [0.05, 0.1) is 19.8 Å². The first-order chi connectivity index (χ1) is 17.6. The lowest BCUT2D eigenvalue weighted by Gasteiger charge is -2.43. The van der Waals surface area contributed by atoms with Crippen LogP contribution in [0.1, 0.15) is 40.2 Å². The molecular formula is C31H40O5Si. The summed E-state index contributed by atoms with van der Waals surface area (Å²) in [6, 6.07) is 31.0. The second-order valence-electron chi connectivity index (χ2n) is 11.2. The molecule has 4 rings (SSSR count). The minimum Gasteiger partial charge on any atom is -0.405 e. The fourth-order valence-corrected chi connectivity index (χ4v) is 9.82. The Hall–Kier alpha value is -2.32. The largest absolute Gasteiger partial charge is 0.405 e. The minimum atomic E-state index is -2.75. The first kappa shape index (κ1) is 27.7. The third kappa shape index (κ3) is 6.40. The predicted octanol–water partition coefficient (Wildman–Crippen LogP) is 4.66. The molecule has 0 radical (unpaired) electrons. The molecule has 3 atom stereocenters. The molecule has 1 aliphatic heterocycles. The van der Waals surface area contributed by atoms with E-state index in [2.05, 4.69) is 69.3 Å². The molecule has 37 heavy (non-hydrogen) atoms. The van der Waals surface area contributed by atoms with Crippen molar-refractivity contribution in [3.63, 3.8) is 0 Å². The number of ether oxygens (including phenoxy) is 3. The van der Waals surface area contributed by atoms with Gasteiger partial charge in [-0.2, -0.15) is 0 Å². The van der Waals surface area contributed by atoms with E-state index in [4.69, 9.17) is 18.6 Å². The van der Waals surface area contributed by atoms with Crippen molar-refractivity contribution in [3.05, 3.63) is 96.6 Å². The fraction of sp³-hybridized carbons (Fsp3) is 0.419. The lowest BCUT2D eigenvalue weighted by atomic mass is 10.1. The van der Waals surface area contributed by atoms with Crippen LogP contribution in [-0.4, -0.2) is 50.7 Å². The first-order valence-corrected chi connectivity index (χ1v) is 14.9. The number of hydrogen-bond donors (Lipinski definition) is 1. The van der Waals surface area contributed by atoms with Crippen molar-refractivity contribution in [2.24, 2.45) is 0 Å². The molecule has 0 bridgehead atoms. The highest BCUT2D eigenvalue weighted by atomic mass is 28.4. The quantitative estimate of drug-likeness (QED) is 0.394. The van der Waals surface area contributed by atoms with Gasteiger partial charge in [0, 0.05) is 0 Å². The Balaban J connectivity index is 1.56. The van der Waals surface area contributed by atoms with E-state index < -0.39 is 32.4 Å². The molecule has 1 N–H and O–H groups in total. The molecule has 0 spiro atoms. The molecule has 0 aliphatic carbocycles. The summed E-state index contributed by atoms with van der Waals surface area (Å²) in [4.78, 5) is 0. The predicted molar refractivity (Wildman–Crippen MR) is 150 cm³/mol. The number of benzene rings is 3. The van der Waals surface area contributed by atoms with Crippen LogP contribution in [0.4, 0.5) is 0 Å². The van der Waals surface area contributed by atoms with Crippen LogP contribution in [0.15, 0.2) is 91.0 Å². The minimum absolute atomic E-state index is 0.148. The maximum absolute atomic E-state index is 11.1. The van der Waals surface area contributed by atoms with E-state index in [0.717, 1.165) is 5.56 Å². The van der Waals surface area contributed by atoms with Gasteiger partial charge in [0.25, 0.3) is 8.32 Å². The number of aliphatic hydroxyl groups is 1. The third-order valence-corrected chi connectivity index (χ3v) is 11.9. The zero-order valence-corrected chi connectivity index (χ0v) is 23.6. The average Bonchev–Trinajstić information content (AvgIpc) is 3.20. The molecule has 198 valence electrons. The summed E-state index contributed by atoms with van der Waals surface area (Å²) in [7, 11) is -2.75. The lowest BCUT2D eigenvalue weighted by molar-refractivity contribution is -0.160. The molecule has 3 aromatic carbocycles. The van der Waals surface area contributed by atoms with Crippen molar-refractivity contribution in [2.75, 3.05) is 13.2 Å². The van der Waals surface area contributed by atoms with Crippen LogP contribution in [0, 0.1) is 0 Å². The molecule has 1 heterocycles.